The highest BCUT2D eigenvalue weighted by atomic mass is 35.5. The van der Waals surface area contributed by atoms with Crippen LogP contribution in [0.2, 0.25) is 5.02 Å². The Morgan fingerprint density at radius 2 is 2.12 bits per heavy atom. The molecular weight excluding hydrogens is 322 g/mol. The van der Waals surface area contributed by atoms with E-state index in [0.29, 0.717) is 23.7 Å². The first-order valence-electron chi connectivity index (χ1n) is 8.18. The average Bonchev–Trinajstić information content (AvgIpc) is 3.04. The maximum absolute atomic E-state index is 12.3. The first-order valence-corrected chi connectivity index (χ1v) is 8.56. The summed E-state index contributed by atoms with van der Waals surface area (Å²) in [5.41, 5.74) is 9.31. The van der Waals surface area contributed by atoms with Crippen molar-refractivity contribution in [3.63, 3.8) is 0 Å². The Morgan fingerprint density at radius 3 is 2.92 bits per heavy atom. The van der Waals surface area contributed by atoms with Gasteiger partial charge in [-0.05, 0) is 49.1 Å². The second-order valence-electron chi connectivity index (χ2n) is 6.33. The van der Waals surface area contributed by atoms with E-state index in [-0.39, 0.29) is 5.91 Å². The molecule has 126 valence electrons. The lowest BCUT2D eigenvalue weighted by Crippen LogP contribution is -2.31. The fourth-order valence-corrected chi connectivity index (χ4v) is 3.34. The molecule has 1 amide bonds. The Kier molecular flexibility index (Phi) is 4.95. The Bertz CT molecular complexity index is 747. The predicted molar refractivity (Wildman–Crippen MR) is 99.7 cm³/mol. The van der Waals surface area contributed by atoms with E-state index in [9.17, 15) is 4.79 Å². The molecule has 1 aliphatic rings. The van der Waals surface area contributed by atoms with Crippen LogP contribution in [-0.2, 0) is 0 Å². The fraction of sp³-hybridized carbons (Fsp3) is 0.316. The molecule has 1 fully saturated rings. The molecule has 24 heavy (non-hydrogen) atoms. The van der Waals surface area contributed by atoms with E-state index in [1.54, 1.807) is 12.1 Å². The number of nitrogen functional groups attached to an aromatic ring is 1. The highest BCUT2D eigenvalue weighted by Gasteiger charge is 2.24. The zero-order chi connectivity index (χ0) is 17.1. The number of aryl methyl sites for hydroxylation is 1. The van der Waals surface area contributed by atoms with Gasteiger partial charge in [-0.3, -0.25) is 4.79 Å². The van der Waals surface area contributed by atoms with E-state index in [1.807, 2.05) is 30.3 Å². The third-order valence-electron chi connectivity index (χ3n) is 4.55. The van der Waals surface area contributed by atoms with E-state index in [0.717, 1.165) is 24.5 Å². The van der Waals surface area contributed by atoms with Crippen molar-refractivity contribution in [1.82, 2.24) is 5.32 Å². The molecule has 2 aromatic rings. The maximum atomic E-state index is 12.3. The number of halogens is 1. The summed E-state index contributed by atoms with van der Waals surface area (Å²) in [5, 5.41) is 3.76. The number of nitrogens with two attached hydrogens (primary N) is 1. The fourth-order valence-electron chi connectivity index (χ4n) is 3.18. The number of carbonyl (C=O) groups is 1. The monoisotopic (exact) mass is 343 g/mol. The van der Waals surface area contributed by atoms with E-state index < -0.39 is 0 Å². The lowest BCUT2D eigenvalue weighted by molar-refractivity contribution is 0.0949. The molecule has 2 aromatic carbocycles. The minimum Gasteiger partial charge on any atom is -0.398 e. The summed E-state index contributed by atoms with van der Waals surface area (Å²) in [6.07, 6.45) is 1.05. The van der Waals surface area contributed by atoms with Crippen molar-refractivity contribution in [2.45, 2.75) is 13.3 Å². The zero-order valence-corrected chi connectivity index (χ0v) is 14.5. The quantitative estimate of drug-likeness (QED) is 0.835. The van der Waals surface area contributed by atoms with Gasteiger partial charge in [0, 0.05) is 36.0 Å². The molecule has 0 aliphatic carbocycles. The second kappa shape index (κ2) is 7.14. The first-order chi connectivity index (χ1) is 11.5. The summed E-state index contributed by atoms with van der Waals surface area (Å²) in [7, 11) is 0. The number of anilines is 2. The Labute approximate surface area is 147 Å². The lowest BCUT2D eigenvalue weighted by atomic mass is 10.1. The van der Waals surface area contributed by atoms with Gasteiger partial charge in [0.15, 0.2) is 0 Å². The van der Waals surface area contributed by atoms with Crippen LogP contribution in [-0.4, -0.2) is 25.5 Å². The Hall–Kier alpha value is -2.20. The van der Waals surface area contributed by atoms with Crippen molar-refractivity contribution in [3.8, 4) is 0 Å². The highest BCUT2D eigenvalue weighted by molar-refractivity contribution is 6.30. The minimum absolute atomic E-state index is 0.106. The van der Waals surface area contributed by atoms with Crippen LogP contribution in [0.15, 0.2) is 42.5 Å². The van der Waals surface area contributed by atoms with E-state index in [1.165, 1.54) is 11.3 Å². The van der Waals surface area contributed by atoms with Crippen LogP contribution in [0.25, 0.3) is 0 Å². The standard InChI is InChI=1S/C19H22ClN3O/c1-13-6-7-15(20)10-18(13)23-9-8-14(12-23)11-22-19(24)16-4-2-3-5-17(16)21/h2-7,10,14H,8-9,11-12,21H2,1H3,(H,22,24). The number of nitrogens with zero attached hydrogens (tertiary/aromatic N) is 1. The van der Waals surface area contributed by atoms with Gasteiger partial charge >= 0.3 is 0 Å². The van der Waals surface area contributed by atoms with Gasteiger partial charge in [0.05, 0.1) is 5.56 Å². The molecular formula is C19H22ClN3O. The highest BCUT2D eigenvalue weighted by Crippen LogP contribution is 2.29. The molecule has 3 N–H and O–H groups in total. The van der Waals surface area contributed by atoms with E-state index in [4.69, 9.17) is 17.3 Å². The third kappa shape index (κ3) is 3.65. The summed E-state index contributed by atoms with van der Waals surface area (Å²) in [6, 6.07) is 13.1. The van der Waals surface area contributed by atoms with Crippen molar-refractivity contribution >= 4 is 28.9 Å². The summed E-state index contributed by atoms with van der Waals surface area (Å²) >= 11 is 6.12. The first kappa shape index (κ1) is 16.7. The molecule has 1 unspecified atom stereocenters. The minimum atomic E-state index is -0.106. The molecule has 3 rings (SSSR count). The van der Waals surface area contributed by atoms with Crippen LogP contribution < -0.4 is 16.0 Å². The summed E-state index contributed by atoms with van der Waals surface area (Å²) in [6.45, 7) is 4.66. The third-order valence-corrected chi connectivity index (χ3v) is 4.79. The predicted octanol–water partition coefficient (Wildman–Crippen LogP) is 3.49. The topological polar surface area (TPSA) is 58.4 Å². The number of nitrogens with one attached hydrogen (secondary N) is 1. The zero-order valence-electron chi connectivity index (χ0n) is 13.8. The molecule has 5 heteroatoms. The second-order valence-corrected chi connectivity index (χ2v) is 6.77. The SMILES string of the molecule is Cc1ccc(Cl)cc1N1CCC(CNC(=O)c2ccccc2N)C1. The van der Waals surface area contributed by atoms with Gasteiger partial charge in [-0.1, -0.05) is 29.8 Å². The van der Waals surface area contributed by atoms with Crippen LogP contribution in [0.4, 0.5) is 11.4 Å². The lowest BCUT2D eigenvalue weighted by Gasteiger charge is -2.21. The molecule has 0 saturated carbocycles. The Morgan fingerprint density at radius 1 is 1.33 bits per heavy atom. The smallest absolute Gasteiger partial charge is 0.253 e. The maximum Gasteiger partial charge on any atom is 0.253 e. The molecule has 0 radical (unpaired) electrons. The van der Waals surface area contributed by atoms with Gasteiger partial charge in [0.2, 0.25) is 0 Å². The van der Waals surface area contributed by atoms with E-state index in [2.05, 4.69) is 17.1 Å². The molecule has 0 spiro atoms. The van der Waals surface area contributed by atoms with Crippen LogP contribution in [0.5, 0.6) is 0 Å². The average molecular weight is 344 g/mol. The summed E-state index contributed by atoms with van der Waals surface area (Å²) < 4.78 is 0. The number of hydrogen-bond acceptors (Lipinski definition) is 3. The number of rotatable bonds is 4. The molecule has 0 bridgehead atoms. The number of carbonyl (C=O) groups excluding carboxylic acids is 1. The van der Waals surface area contributed by atoms with Crippen molar-refractivity contribution in [1.29, 1.82) is 0 Å². The molecule has 1 aliphatic heterocycles. The normalized spacial score (nSPS) is 17.1. The molecule has 4 nitrogen and oxygen atoms in total. The van der Waals surface area contributed by atoms with Crippen LogP contribution in [0.3, 0.4) is 0 Å². The van der Waals surface area contributed by atoms with Crippen molar-refractivity contribution in [2.75, 3.05) is 30.3 Å². The van der Waals surface area contributed by atoms with Crippen molar-refractivity contribution in [3.05, 3.63) is 58.6 Å². The molecule has 1 heterocycles. The van der Waals surface area contributed by atoms with Crippen molar-refractivity contribution in [2.24, 2.45) is 5.92 Å². The molecule has 1 saturated heterocycles. The summed E-state index contributed by atoms with van der Waals surface area (Å²) in [4.78, 5) is 14.6. The van der Waals surface area contributed by atoms with Gasteiger partial charge < -0.3 is 16.0 Å². The van der Waals surface area contributed by atoms with Gasteiger partial charge in [-0.25, -0.2) is 0 Å². The molecule has 0 aromatic heterocycles. The van der Waals surface area contributed by atoms with Crippen LogP contribution in [0.1, 0.15) is 22.3 Å². The largest absolute Gasteiger partial charge is 0.398 e. The van der Waals surface area contributed by atoms with Gasteiger partial charge in [0.25, 0.3) is 5.91 Å². The van der Waals surface area contributed by atoms with Crippen molar-refractivity contribution < 1.29 is 4.79 Å². The van der Waals surface area contributed by atoms with Gasteiger partial charge in [0.1, 0.15) is 0 Å². The number of benzene rings is 2. The summed E-state index contributed by atoms with van der Waals surface area (Å²) in [5.74, 6) is 0.322. The molecule has 1 atom stereocenters. The number of amides is 1. The van der Waals surface area contributed by atoms with Gasteiger partial charge in [-0.15, -0.1) is 0 Å². The van der Waals surface area contributed by atoms with E-state index >= 15 is 0 Å². The Balaban J connectivity index is 1.58. The number of para-hydroxylation sites is 1. The van der Waals surface area contributed by atoms with Crippen LogP contribution >= 0.6 is 11.6 Å². The van der Waals surface area contributed by atoms with Crippen LogP contribution in [0, 0.1) is 12.8 Å². The number of hydrogen-bond donors (Lipinski definition) is 2. The van der Waals surface area contributed by atoms with Gasteiger partial charge in [-0.2, -0.15) is 0 Å².